The lowest BCUT2D eigenvalue weighted by atomic mass is 10.1. The van der Waals surface area contributed by atoms with Crippen molar-refractivity contribution < 1.29 is 64.8 Å². The number of aromatic carboxylic acids is 1. The number of benzene rings is 2. The molecule has 0 spiro atoms. The fraction of sp³-hybridized carbons (Fsp3) is 0.371. The second kappa shape index (κ2) is 13.6. The number of methoxy groups -OCH3 is 2. The van der Waals surface area contributed by atoms with Crippen molar-refractivity contribution in [2.75, 3.05) is 27.3 Å². The molecule has 2 amide bonds. The fourth-order valence-corrected chi connectivity index (χ4v) is 7.49. The molecule has 0 saturated carbocycles. The molecule has 2 saturated heterocycles. The van der Waals surface area contributed by atoms with Crippen LogP contribution in [0.5, 0.6) is 11.5 Å². The van der Waals surface area contributed by atoms with Crippen molar-refractivity contribution >= 4 is 23.8 Å². The van der Waals surface area contributed by atoms with Crippen molar-refractivity contribution in [2.45, 2.75) is 56.2 Å². The van der Waals surface area contributed by atoms with Gasteiger partial charge >= 0.3 is 24.3 Å². The largest absolute Gasteiger partial charge is 0.497 e. The highest BCUT2D eigenvalue weighted by molar-refractivity contribution is 6.01. The monoisotopic (exact) mass is 776 g/mol. The number of hydrogen-bond donors (Lipinski definition) is 1. The first-order valence-electron chi connectivity index (χ1n) is 16.8. The molecule has 290 valence electrons. The van der Waals surface area contributed by atoms with Gasteiger partial charge in [-0.2, -0.15) is 26.3 Å². The van der Waals surface area contributed by atoms with Crippen LogP contribution in [0.4, 0.5) is 26.3 Å². The van der Waals surface area contributed by atoms with Gasteiger partial charge < -0.3 is 29.1 Å². The summed E-state index contributed by atoms with van der Waals surface area (Å²) in [6, 6.07) is 8.66. The van der Waals surface area contributed by atoms with Gasteiger partial charge in [-0.05, 0) is 62.1 Å². The smallest absolute Gasteiger partial charge is 0.434 e. The molecular weight excluding hydrogens is 746 g/mol. The molecule has 0 aliphatic carbocycles. The van der Waals surface area contributed by atoms with Crippen molar-refractivity contribution in [3.05, 3.63) is 83.0 Å². The predicted molar refractivity (Wildman–Crippen MR) is 175 cm³/mol. The third kappa shape index (κ3) is 6.37. The number of halogens is 6. The summed E-state index contributed by atoms with van der Waals surface area (Å²) in [6.45, 7) is 0.901. The van der Waals surface area contributed by atoms with Crippen LogP contribution < -0.4 is 9.47 Å². The maximum Gasteiger partial charge on any atom is 0.434 e. The summed E-state index contributed by atoms with van der Waals surface area (Å²) in [5.41, 5.74) is 1.46. The molecule has 4 aliphatic heterocycles. The van der Waals surface area contributed by atoms with Gasteiger partial charge in [0.1, 0.15) is 24.2 Å². The van der Waals surface area contributed by atoms with E-state index in [0.29, 0.717) is 47.8 Å². The summed E-state index contributed by atoms with van der Waals surface area (Å²) < 4.78 is 94.5. The third-order valence-corrected chi connectivity index (χ3v) is 9.87. The molecule has 14 nitrogen and oxygen atoms in total. The molecule has 0 unspecified atom stereocenters. The van der Waals surface area contributed by atoms with E-state index in [0.717, 1.165) is 19.2 Å². The Hall–Kier alpha value is -6.08. The summed E-state index contributed by atoms with van der Waals surface area (Å²) >= 11 is 0. The number of carbonyl (C=O) groups excluding carboxylic acids is 3. The van der Waals surface area contributed by atoms with Gasteiger partial charge in [-0.25, -0.2) is 19.6 Å². The van der Waals surface area contributed by atoms with Gasteiger partial charge in [0.25, 0.3) is 17.9 Å². The van der Waals surface area contributed by atoms with Gasteiger partial charge in [0.05, 0.1) is 60.2 Å². The molecular formula is C35H30F6N6O8. The van der Waals surface area contributed by atoms with Crippen LogP contribution in [0, 0.1) is 0 Å². The van der Waals surface area contributed by atoms with E-state index >= 15 is 0 Å². The molecule has 2 fully saturated rings. The minimum atomic E-state index is -5.86. The number of rotatable bonds is 5. The van der Waals surface area contributed by atoms with Crippen LogP contribution in [0.2, 0.25) is 0 Å². The van der Waals surface area contributed by atoms with E-state index in [-0.39, 0.29) is 41.1 Å². The molecule has 2 atom stereocenters. The average Bonchev–Trinajstić information content (AvgIpc) is 3.96. The number of nitrogens with zero attached hydrogens (tertiary/aromatic N) is 6. The lowest BCUT2D eigenvalue weighted by Crippen LogP contribution is -2.45. The van der Waals surface area contributed by atoms with Crippen molar-refractivity contribution in [3.63, 3.8) is 0 Å². The maximum absolute atomic E-state index is 13.1. The fourth-order valence-electron chi connectivity index (χ4n) is 7.49. The first kappa shape index (κ1) is 37.2. The number of alkyl halides is 6. The Balaban J connectivity index is 0.000000178. The van der Waals surface area contributed by atoms with E-state index in [1.54, 1.807) is 34.8 Å². The van der Waals surface area contributed by atoms with Crippen LogP contribution in [-0.2, 0) is 4.74 Å². The van der Waals surface area contributed by atoms with E-state index in [1.807, 2.05) is 0 Å². The number of esters is 1. The van der Waals surface area contributed by atoms with Crippen LogP contribution in [0.1, 0.15) is 90.8 Å². The quantitative estimate of drug-likeness (QED) is 0.197. The summed E-state index contributed by atoms with van der Waals surface area (Å²) in [4.78, 5) is 61.0. The van der Waals surface area contributed by atoms with Crippen LogP contribution in [0.15, 0.2) is 49.1 Å². The van der Waals surface area contributed by atoms with E-state index in [1.165, 1.54) is 41.1 Å². The third-order valence-electron chi connectivity index (χ3n) is 9.87. The minimum Gasteiger partial charge on any atom is -0.497 e. The topological polar surface area (TPSA) is 158 Å². The molecule has 4 aliphatic rings. The maximum atomic E-state index is 13.1. The number of carboxylic acid groups (broad SMARTS) is 1. The van der Waals surface area contributed by atoms with Crippen LogP contribution >= 0.6 is 0 Å². The summed E-state index contributed by atoms with van der Waals surface area (Å²) in [5, 5.41) is 9.44. The highest BCUT2D eigenvalue weighted by atomic mass is 19.4. The number of amides is 2. The number of imidazole rings is 2. The van der Waals surface area contributed by atoms with Gasteiger partial charge in [-0.15, -0.1) is 0 Å². The lowest BCUT2D eigenvalue weighted by molar-refractivity contribution is -0.307. The van der Waals surface area contributed by atoms with Gasteiger partial charge in [0, 0.05) is 13.1 Å². The first-order valence-corrected chi connectivity index (χ1v) is 16.8. The van der Waals surface area contributed by atoms with Gasteiger partial charge in [0.2, 0.25) is 0 Å². The standard InChI is InChI=1S/C19H15F6N3O4.C16H15N3O4/c1-31-9-4-5-11-10(7-9)15(29)27-6-2-3-12(27)14-13(26-8-28(11)14)16(30)32-17(18(20,21)22)19(23,24)25;1-23-9-4-5-11-10(7-9)15(20)18-6-2-3-12(18)14-13(16(21)22)17-8-19(11)14/h4-5,7-8,12,17H,2-3,6H2,1H3;4-5,7-8,12H,2-3,6H2,1H3,(H,21,22)/t2*12-/m00/s1. The van der Waals surface area contributed by atoms with Crippen LogP contribution in [-0.4, -0.2) is 104 Å². The van der Waals surface area contributed by atoms with E-state index in [9.17, 15) is 50.6 Å². The van der Waals surface area contributed by atoms with Crippen molar-refractivity contribution in [2.24, 2.45) is 0 Å². The Morgan fingerprint density at radius 2 is 1.18 bits per heavy atom. The van der Waals surface area contributed by atoms with Crippen LogP contribution in [0.3, 0.4) is 0 Å². The Labute approximate surface area is 306 Å². The van der Waals surface area contributed by atoms with Crippen molar-refractivity contribution in [1.82, 2.24) is 28.9 Å². The first-order chi connectivity index (χ1) is 26.0. The number of ether oxygens (including phenoxy) is 3. The van der Waals surface area contributed by atoms with Gasteiger partial charge in [-0.1, -0.05) is 0 Å². The number of hydrogen-bond acceptors (Lipinski definition) is 9. The minimum absolute atomic E-state index is 0.00661. The molecule has 6 heterocycles. The molecule has 2 aromatic heterocycles. The lowest BCUT2D eigenvalue weighted by Gasteiger charge is -2.24. The van der Waals surface area contributed by atoms with Crippen molar-refractivity contribution in [3.8, 4) is 22.9 Å². The molecule has 0 bridgehead atoms. The van der Waals surface area contributed by atoms with E-state index in [4.69, 9.17) is 9.47 Å². The number of aromatic nitrogens is 4. The molecule has 8 rings (SSSR count). The Bertz CT molecular complexity index is 2200. The Kier molecular flexibility index (Phi) is 9.24. The average molecular weight is 777 g/mol. The molecule has 0 radical (unpaired) electrons. The number of fused-ring (bicyclic) bond motifs is 10. The predicted octanol–water partition coefficient (Wildman–Crippen LogP) is 5.69. The SMILES string of the molecule is COc1ccc2c(c1)C(=O)N1CCC[C@H]1c1c(C(=O)O)ncn1-2.COc1ccc2c(c1)C(=O)N1CCC[C@H]1c1c(C(=O)OC(C(F)(F)F)C(F)(F)F)ncn1-2. The Morgan fingerprint density at radius 3 is 1.60 bits per heavy atom. The second-order valence-corrected chi connectivity index (χ2v) is 12.9. The second-order valence-electron chi connectivity index (χ2n) is 12.9. The number of carboxylic acids is 1. The molecule has 1 N–H and O–H groups in total. The summed E-state index contributed by atoms with van der Waals surface area (Å²) in [7, 11) is 2.95. The molecule has 2 aromatic carbocycles. The zero-order valence-electron chi connectivity index (χ0n) is 28.8. The Morgan fingerprint density at radius 1 is 0.745 bits per heavy atom. The number of carbonyl (C=O) groups is 4. The normalized spacial score (nSPS) is 18.5. The highest BCUT2D eigenvalue weighted by Crippen LogP contribution is 2.43. The van der Waals surface area contributed by atoms with Gasteiger partial charge in [0.15, 0.2) is 11.4 Å². The summed E-state index contributed by atoms with van der Waals surface area (Å²) in [5.74, 6) is -2.50. The molecule has 20 heteroatoms. The zero-order chi connectivity index (χ0) is 39.6. The van der Waals surface area contributed by atoms with E-state index < -0.39 is 48.0 Å². The zero-order valence-corrected chi connectivity index (χ0v) is 28.8. The molecule has 4 aromatic rings. The highest BCUT2D eigenvalue weighted by Gasteiger charge is 2.60. The van der Waals surface area contributed by atoms with Gasteiger partial charge in [-0.3, -0.25) is 18.7 Å². The van der Waals surface area contributed by atoms with Crippen molar-refractivity contribution in [1.29, 1.82) is 0 Å². The van der Waals surface area contributed by atoms with Crippen LogP contribution in [0.25, 0.3) is 11.4 Å². The molecule has 55 heavy (non-hydrogen) atoms. The summed E-state index contributed by atoms with van der Waals surface area (Å²) in [6.07, 6.45) is -11.0. The van der Waals surface area contributed by atoms with E-state index in [2.05, 4.69) is 14.7 Å².